The van der Waals surface area contributed by atoms with Gasteiger partial charge in [-0.25, -0.2) is 13.9 Å². The molecule has 1 saturated heterocycles. The van der Waals surface area contributed by atoms with Gasteiger partial charge in [-0.2, -0.15) is 0 Å². The van der Waals surface area contributed by atoms with Crippen molar-refractivity contribution in [3.05, 3.63) is 66.6 Å². The van der Waals surface area contributed by atoms with Gasteiger partial charge in [0, 0.05) is 24.3 Å². The SMILES string of the molecule is O=C(Nc1ccc(F)cc1)N1CC(n2cc(-c3ccccc3)nn2)C1. The Kier molecular flexibility index (Phi) is 3.89. The minimum absolute atomic E-state index is 0.115. The summed E-state index contributed by atoms with van der Waals surface area (Å²) < 4.78 is 14.7. The van der Waals surface area contributed by atoms with Crippen molar-refractivity contribution in [3.8, 4) is 11.3 Å². The molecule has 2 heterocycles. The fourth-order valence-electron chi connectivity index (χ4n) is 2.72. The summed E-state index contributed by atoms with van der Waals surface area (Å²) in [6, 6.07) is 15.5. The largest absolute Gasteiger partial charge is 0.321 e. The number of nitrogens with zero attached hydrogens (tertiary/aromatic N) is 4. The first-order valence-electron chi connectivity index (χ1n) is 7.98. The molecule has 25 heavy (non-hydrogen) atoms. The summed E-state index contributed by atoms with van der Waals surface area (Å²) in [5.74, 6) is -0.331. The van der Waals surface area contributed by atoms with Gasteiger partial charge < -0.3 is 10.2 Å². The van der Waals surface area contributed by atoms with Crippen LogP contribution >= 0.6 is 0 Å². The highest BCUT2D eigenvalue weighted by Crippen LogP contribution is 2.24. The highest BCUT2D eigenvalue weighted by atomic mass is 19.1. The van der Waals surface area contributed by atoms with E-state index in [4.69, 9.17) is 0 Å². The Labute approximate surface area is 143 Å². The molecule has 0 saturated carbocycles. The molecule has 0 aliphatic carbocycles. The molecule has 7 heteroatoms. The summed E-state index contributed by atoms with van der Waals surface area (Å²) >= 11 is 0. The summed E-state index contributed by atoms with van der Waals surface area (Å²) in [7, 11) is 0. The Bertz CT molecular complexity index is 872. The molecular weight excluding hydrogens is 321 g/mol. The van der Waals surface area contributed by atoms with Crippen LogP contribution in [0, 0.1) is 5.82 Å². The van der Waals surface area contributed by atoms with Crippen LogP contribution in [0.25, 0.3) is 11.3 Å². The lowest BCUT2D eigenvalue weighted by molar-refractivity contribution is 0.127. The Morgan fingerprint density at radius 2 is 1.80 bits per heavy atom. The molecule has 0 radical (unpaired) electrons. The van der Waals surface area contributed by atoms with Crippen LogP contribution in [0.15, 0.2) is 60.8 Å². The van der Waals surface area contributed by atoms with Gasteiger partial charge in [-0.1, -0.05) is 35.5 Å². The number of hydrogen-bond donors (Lipinski definition) is 1. The first-order chi connectivity index (χ1) is 12.2. The second kappa shape index (κ2) is 6.35. The van der Waals surface area contributed by atoms with Gasteiger partial charge >= 0.3 is 6.03 Å². The maximum absolute atomic E-state index is 12.9. The molecule has 0 spiro atoms. The molecule has 126 valence electrons. The van der Waals surface area contributed by atoms with E-state index in [1.807, 2.05) is 36.5 Å². The molecule has 0 bridgehead atoms. The van der Waals surface area contributed by atoms with Gasteiger partial charge in [-0.05, 0) is 24.3 Å². The number of amides is 2. The highest BCUT2D eigenvalue weighted by Gasteiger charge is 2.32. The van der Waals surface area contributed by atoms with Gasteiger partial charge in [-0.15, -0.1) is 5.10 Å². The van der Waals surface area contributed by atoms with E-state index >= 15 is 0 Å². The first kappa shape index (κ1) is 15.3. The number of carbonyl (C=O) groups is 1. The number of hydrogen-bond acceptors (Lipinski definition) is 3. The van der Waals surface area contributed by atoms with Crippen molar-refractivity contribution >= 4 is 11.7 Å². The summed E-state index contributed by atoms with van der Waals surface area (Å²) in [4.78, 5) is 13.8. The van der Waals surface area contributed by atoms with E-state index in [1.54, 1.807) is 9.58 Å². The quantitative estimate of drug-likeness (QED) is 0.798. The maximum Gasteiger partial charge on any atom is 0.321 e. The summed E-state index contributed by atoms with van der Waals surface area (Å²) in [5.41, 5.74) is 2.40. The molecule has 1 aliphatic rings. The lowest BCUT2D eigenvalue weighted by Gasteiger charge is -2.38. The molecule has 6 nitrogen and oxygen atoms in total. The minimum Gasteiger partial charge on any atom is -0.320 e. The van der Waals surface area contributed by atoms with Crippen LogP contribution in [0.1, 0.15) is 6.04 Å². The topological polar surface area (TPSA) is 63.1 Å². The van der Waals surface area contributed by atoms with Crippen LogP contribution in [0.5, 0.6) is 0 Å². The molecule has 2 amide bonds. The second-order valence-corrected chi connectivity index (χ2v) is 5.95. The number of likely N-dealkylation sites (tertiary alicyclic amines) is 1. The fourth-order valence-corrected chi connectivity index (χ4v) is 2.72. The Morgan fingerprint density at radius 1 is 1.08 bits per heavy atom. The predicted octanol–water partition coefficient (Wildman–Crippen LogP) is 3.17. The lowest BCUT2D eigenvalue weighted by Crippen LogP contribution is -2.52. The third kappa shape index (κ3) is 3.21. The van der Waals surface area contributed by atoms with Crippen LogP contribution in [0.3, 0.4) is 0 Å². The van der Waals surface area contributed by atoms with Crippen molar-refractivity contribution in [3.63, 3.8) is 0 Å². The van der Waals surface area contributed by atoms with E-state index in [-0.39, 0.29) is 17.9 Å². The Hall–Kier alpha value is -3.22. The molecule has 1 aromatic heterocycles. The van der Waals surface area contributed by atoms with Crippen LogP contribution < -0.4 is 5.32 Å². The van der Waals surface area contributed by atoms with Crippen molar-refractivity contribution in [1.82, 2.24) is 19.9 Å². The Balaban J connectivity index is 1.35. The van der Waals surface area contributed by atoms with Crippen molar-refractivity contribution in [2.75, 3.05) is 18.4 Å². The molecule has 3 aromatic rings. The number of anilines is 1. The number of halogens is 1. The predicted molar refractivity (Wildman–Crippen MR) is 91.5 cm³/mol. The molecule has 2 aromatic carbocycles. The zero-order valence-corrected chi connectivity index (χ0v) is 13.3. The number of nitrogens with one attached hydrogen (secondary N) is 1. The van der Waals surface area contributed by atoms with E-state index in [0.717, 1.165) is 11.3 Å². The summed E-state index contributed by atoms with van der Waals surface area (Å²) in [6.07, 6.45) is 1.90. The average Bonchev–Trinajstić information content (AvgIpc) is 3.06. The molecule has 0 unspecified atom stereocenters. The molecule has 1 aliphatic heterocycles. The maximum atomic E-state index is 12.9. The van der Waals surface area contributed by atoms with Crippen LogP contribution in [-0.2, 0) is 0 Å². The molecule has 1 N–H and O–H groups in total. The normalized spacial score (nSPS) is 14.2. The van der Waals surface area contributed by atoms with Gasteiger partial charge in [0.05, 0.1) is 12.2 Å². The number of carbonyl (C=O) groups excluding carboxylic acids is 1. The number of aromatic nitrogens is 3. The zero-order chi connectivity index (χ0) is 17.2. The summed E-state index contributed by atoms with van der Waals surface area (Å²) in [5, 5.41) is 11.1. The number of benzene rings is 2. The number of rotatable bonds is 3. The van der Waals surface area contributed by atoms with Crippen LogP contribution in [-0.4, -0.2) is 39.0 Å². The van der Waals surface area contributed by atoms with Gasteiger partial charge in [-0.3, -0.25) is 0 Å². The van der Waals surface area contributed by atoms with E-state index in [1.165, 1.54) is 24.3 Å². The molecule has 4 rings (SSSR count). The Morgan fingerprint density at radius 3 is 2.52 bits per heavy atom. The van der Waals surface area contributed by atoms with Gasteiger partial charge in [0.2, 0.25) is 0 Å². The number of urea groups is 1. The van der Waals surface area contributed by atoms with E-state index in [0.29, 0.717) is 18.8 Å². The average molecular weight is 337 g/mol. The van der Waals surface area contributed by atoms with Crippen molar-refractivity contribution in [2.45, 2.75) is 6.04 Å². The molecular formula is C18H16FN5O. The van der Waals surface area contributed by atoms with E-state index in [9.17, 15) is 9.18 Å². The van der Waals surface area contributed by atoms with Crippen molar-refractivity contribution in [1.29, 1.82) is 0 Å². The van der Waals surface area contributed by atoms with Gasteiger partial charge in [0.25, 0.3) is 0 Å². The highest BCUT2D eigenvalue weighted by molar-refractivity contribution is 5.89. The van der Waals surface area contributed by atoms with E-state index in [2.05, 4.69) is 15.6 Å². The van der Waals surface area contributed by atoms with E-state index < -0.39 is 0 Å². The first-order valence-corrected chi connectivity index (χ1v) is 7.98. The lowest BCUT2D eigenvalue weighted by atomic mass is 10.1. The van der Waals surface area contributed by atoms with Gasteiger partial charge in [0.1, 0.15) is 11.5 Å². The van der Waals surface area contributed by atoms with Crippen molar-refractivity contribution in [2.24, 2.45) is 0 Å². The van der Waals surface area contributed by atoms with Gasteiger partial charge in [0.15, 0.2) is 0 Å². The zero-order valence-electron chi connectivity index (χ0n) is 13.3. The van der Waals surface area contributed by atoms with Crippen LogP contribution in [0.2, 0.25) is 0 Å². The monoisotopic (exact) mass is 337 g/mol. The minimum atomic E-state index is -0.331. The molecule has 0 atom stereocenters. The van der Waals surface area contributed by atoms with Crippen molar-refractivity contribution < 1.29 is 9.18 Å². The second-order valence-electron chi connectivity index (χ2n) is 5.95. The molecule has 1 fully saturated rings. The van der Waals surface area contributed by atoms with Crippen LogP contribution in [0.4, 0.5) is 14.9 Å². The third-order valence-electron chi connectivity index (χ3n) is 4.20. The third-order valence-corrected chi connectivity index (χ3v) is 4.20. The fraction of sp³-hybridized carbons (Fsp3) is 0.167. The summed E-state index contributed by atoms with van der Waals surface area (Å²) in [6.45, 7) is 1.12. The smallest absolute Gasteiger partial charge is 0.320 e. The standard InChI is InChI=1S/C18H16FN5O/c19-14-6-8-15(9-7-14)20-18(25)23-10-16(11-23)24-12-17(21-22-24)13-4-2-1-3-5-13/h1-9,12,16H,10-11H2,(H,20,25).